The standard InChI is InChI=1S/C18H14N4O/c1-2-6-14(23)15-16(12-7-4-3-5-8-12)18(10-20,11-21)13(9-19)17(15)22/h3-5,7-8,13,22H,2,6H2,1H3/t13-/m0/s1. The monoisotopic (exact) mass is 302 g/mol. The minimum atomic E-state index is -1.83. The van der Waals surface area contributed by atoms with E-state index in [0.717, 1.165) is 0 Å². The molecule has 0 bridgehead atoms. The molecule has 112 valence electrons. The summed E-state index contributed by atoms with van der Waals surface area (Å²) in [6, 6.07) is 14.3. The molecule has 0 saturated heterocycles. The molecule has 2 rings (SSSR count). The lowest BCUT2D eigenvalue weighted by atomic mass is 9.74. The Morgan fingerprint density at radius 1 is 1.22 bits per heavy atom. The lowest BCUT2D eigenvalue weighted by Crippen LogP contribution is -2.27. The molecule has 0 fully saturated rings. The van der Waals surface area contributed by atoms with E-state index in [4.69, 9.17) is 5.41 Å². The van der Waals surface area contributed by atoms with Crippen molar-refractivity contribution >= 4 is 17.1 Å². The molecule has 0 aliphatic heterocycles. The molecule has 1 aliphatic rings. The minimum Gasteiger partial charge on any atom is -0.303 e. The molecule has 1 aromatic rings. The third kappa shape index (κ3) is 2.31. The molecule has 0 amide bonds. The van der Waals surface area contributed by atoms with Gasteiger partial charge < -0.3 is 5.41 Å². The van der Waals surface area contributed by atoms with E-state index in [2.05, 4.69) is 0 Å². The van der Waals surface area contributed by atoms with Crippen molar-refractivity contribution in [2.45, 2.75) is 19.8 Å². The molecule has 1 aromatic carbocycles. The second-order valence-electron chi connectivity index (χ2n) is 5.30. The van der Waals surface area contributed by atoms with E-state index in [0.29, 0.717) is 12.0 Å². The van der Waals surface area contributed by atoms with Gasteiger partial charge in [-0.1, -0.05) is 37.3 Å². The van der Waals surface area contributed by atoms with Crippen molar-refractivity contribution in [1.29, 1.82) is 21.2 Å². The fourth-order valence-corrected chi connectivity index (χ4v) is 2.88. The van der Waals surface area contributed by atoms with Crippen molar-refractivity contribution < 1.29 is 4.79 Å². The molecule has 0 radical (unpaired) electrons. The largest absolute Gasteiger partial charge is 0.303 e. The Morgan fingerprint density at radius 2 is 1.83 bits per heavy atom. The Labute approximate surface area is 134 Å². The van der Waals surface area contributed by atoms with Gasteiger partial charge in [-0.05, 0) is 12.0 Å². The van der Waals surface area contributed by atoms with Crippen LogP contribution >= 0.6 is 0 Å². The molecule has 0 unspecified atom stereocenters. The van der Waals surface area contributed by atoms with Crippen molar-refractivity contribution in [2.75, 3.05) is 0 Å². The molecule has 1 N–H and O–H groups in total. The predicted molar refractivity (Wildman–Crippen MR) is 83.8 cm³/mol. The average Bonchev–Trinajstić information content (AvgIpc) is 2.84. The zero-order chi connectivity index (χ0) is 17.0. The fraction of sp³-hybridized carbons (Fsp3) is 0.278. The number of ketones is 1. The number of carbonyl (C=O) groups is 1. The molecule has 1 atom stereocenters. The first-order valence-electron chi connectivity index (χ1n) is 7.21. The van der Waals surface area contributed by atoms with Crippen molar-refractivity contribution in [3.8, 4) is 18.2 Å². The fourth-order valence-electron chi connectivity index (χ4n) is 2.88. The number of hydrogen-bond donors (Lipinski definition) is 1. The van der Waals surface area contributed by atoms with Gasteiger partial charge in [0.1, 0.15) is 5.92 Å². The van der Waals surface area contributed by atoms with Crippen molar-refractivity contribution in [3.05, 3.63) is 41.5 Å². The van der Waals surface area contributed by atoms with Gasteiger partial charge >= 0.3 is 0 Å². The van der Waals surface area contributed by atoms with E-state index >= 15 is 0 Å². The number of rotatable bonds is 4. The number of Topliss-reactive ketones (excluding diaryl/α,β-unsaturated/α-hetero) is 1. The summed E-state index contributed by atoms with van der Waals surface area (Å²) in [5.74, 6) is -1.56. The summed E-state index contributed by atoms with van der Waals surface area (Å²) in [4.78, 5) is 12.5. The maximum Gasteiger partial charge on any atom is 0.191 e. The van der Waals surface area contributed by atoms with Crippen LogP contribution in [-0.2, 0) is 4.79 Å². The molecular weight excluding hydrogens is 288 g/mol. The lowest BCUT2D eigenvalue weighted by Gasteiger charge is -2.19. The summed E-state index contributed by atoms with van der Waals surface area (Å²) in [6.07, 6.45) is 0.792. The van der Waals surface area contributed by atoms with Crippen molar-refractivity contribution in [3.63, 3.8) is 0 Å². The predicted octanol–water partition coefficient (Wildman–Crippen LogP) is 3.02. The summed E-state index contributed by atoms with van der Waals surface area (Å²) in [5, 5.41) is 36.9. The zero-order valence-electron chi connectivity index (χ0n) is 12.6. The van der Waals surface area contributed by atoms with Gasteiger partial charge in [-0.2, -0.15) is 15.8 Å². The summed E-state index contributed by atoms with van der Waals surface area (Å²) in [6.45, 7) is 1.84. The highest BCUT2D eigenvalue weighted by molar-refractivity contribution is 6.31. The van der Waals surface area contributed by atoms with Crippen LogP contribution in [0.5, 0.6) is 0 Å². The minimum absolute atomic E-state index is 0.0488. The first kappa shape index (κ1) is 16.1. The third-order valence-corrected chi connectivity index (χ3v) is 3.94. The molecule has 0 spiro atoms. The smallest absolute Gasteiger partial charge is 0.191 e. The number of carbonyl (C=O) groups excluding carboxylic acids is 1. The van der Waals surface area contributed by atoms with Crippen molar-refractivity contribution in [1.82, 2.24) is 0 Å². The van der Waals surface area contributed by atoms with E-state index in [1.165, 1.54) is 0 Å². The van der Waals surface area contributed by atoms with Crippen LogP contribution < -0.4 is 0 Å². The van der Waals surface area contributed by atoms with Crippen LogP contribution in [0.15, 0.2) is 35.9 Å². The third-order valence-electron chi connectivity index (χ3n) is 3.94. The van der Waals surface area contributed by atoms with Gasteiger partial charge in [-0.15, -0.1) is 0 Å². The molecule has 0 saturated carbocycles. The highest BCUT2D eigenvalue weighted by Gasteiger charge is 2.55. The van der Waals surface area contributed by atoms with Crippen LogP contribution in [0.3, 0.4) is 0 Å². The number of benzene rings is 1. The van der Waals surface area contributed by atoms with Crippen molar-refractivity contribution in [2.24, 2.45) is 11.3 Å². The van der Waals surface area contributed by atoms with Gasteiger partial charge in [0.05, 0.1) is 23.9 Å². The Bertz CT molecular complexity index is 801. The number of nitriles is 3. The van der Waals surface area contributed by atoms with E-state index in [1.807, 2.05) is 25.1 Å². The van der Waals surface area contributed by atoms with Gasteiger partial charge in [-0.25, -0.2) is 0 Å². The van der Waals surface area contributed by atoms with E-state index in [1.54, 1.807) is 30.3 Å². The Morgan fingerprint density at radius 3 is 2.30 bits per heavy atom. The zero-order valence-corrected chi connectivity index (χ0v) is 12.6. The average molecular weight is 302 g/mol. The highest BCUT2D eigenvalue weighted by Crippen LogP contribution is 2.50. The second kappa shape index (κ2) is 6.26. The summed E-state index contributed by atoms with van der Waals surface area (Å²) in [7, 11) is 0. The Hall–Kier alpha value is -3.23. The van der Waals surface area contributed by atoms with E-state index in [-0.39, 0.29) is 29.1 Å². The van der Waals surface area contributed by atoms with Crippen LogP contribution in [0, 0.1) is 50.7 Å². The molecule has 0 aromatic heterocycles. The SMILES string of the molecule is CCCC(=O)C1=C(c2ccccc2)C(C#N)(C#N)[C@@H](C#N)C1=N. The van der Waals surface area contributed by atoms with Crippen LogP contribution in [0.1, 0.15) is 25.3 Å². The molecule has 5 nitrogen and oxygen atoms in total. The van der Waals surface area contributed by atoms with Gasteiger partial charge in [0.15, 0.2) is 11.2 Å². The number of nitrogens with zero attached hydrogens (tertiary/aromatic N) is 3. The highest BCUT2D eigenvalue weighted by atomic mass is 16.1. The summed E-state index contributed by atoms with van der Waals surface area (Å²) in [5.41, 5.74) is -1.29. The van der Waals surface area contributed by atoms with Crippen LogP contribution in [-0.4, -0.2) is 11.5 Å². The number of hydrogen-bond acceptors (Lipinski definition) is 5. The first-order chi connectivity index (χ1) is 11.1. The van der Waals surface area contributed by atoms with Gasteiger partial charge in [-0.3, -0.25) is 4.79 Å². The summed E-state index contributed by atoms with van der Waals surface area (Å²) >= 11 is 0. The van der Waals surface area contributed by atoms with E-state index < -0.39 is 11.3 Å². The Balaban J connectivity index is 2.85. The molecule has 23 heavy (non-hydrogen) atoms. The Kier molecular flexibility index (Phi) is 4.39. The first-order valence-corrected chi connectivity index (χ1v) is 7.21. The summed E-state index contributed by atoms with van der Waals surface area (Å²) < 4.78 is 0. The lowest BCUT2D eigenvalue weighted by molar-refractivity contribution is -0.115. The van der Waals surface area contributed by atoms with Crippen LogP contribution in [0.2, 0.25) is 0 Å². The van der Waals surface area contributed by atoms with Gasteiger partial charge in [0.25, 0.3) is 0 Å². The normalized spacial score (nSPS) is 18.9. The number of nitrogens with one attached hydrogen (secondary N) is 1. The topological polar surface area (TPSA) is 112 Å². The van der Waals surface area contributed by atoms with E-state index in [9.17, 15) is 20.6 Å². The molecular formula is C18H14N4O. The van der Waals surface area contributed by atoms with Gasteiger partial charge in [0, 0.05) is 17.6 Å². The van der Waals surface area contributed by atoms with Crippen LogP contribution in [0.4, 0.5) is 0 Å². The maximum absolute atomic E-state index is 12.5. The van der Waals surface area contributed by atoms with Gasteiger partial charge in [0.2, 0.25) is 0 Å². The second-order valence-corrected chi connectivity index (χ2v) is 5.30. The number of allylic oxidation sites excluding steroid dienone is 2. The molecule has 5 heteroatoms. The maximum atomic E-state index is 12.5. The van der Waals surface area contributed by atoms with Crippen LogP contribution in [0.25, 0.3) is 5.57 Å². The quantitative estimate of drug-likeness (QED) is 0.920. The molecule has 1 aliphatic carbocycles. The molecule has 0 heterocycles.